The number of aryl methyl sites for hydroxylation is 2. The first-order valence-corrected chi connectivity index (χ1v) is 11.4. The second kappa shape index (κ2) is 8.60. The number of pyridine rings is 1. The minimum atomic E-state index is -0.512. The first-order chi connectivity index (χ1) is 16.4. The highest BCUT2D eigenvalue weighted by molar-refractivity contribution is 6.16. The molecule has 1 fully saturated rings. The number of methoxy groups -OCH3 is 1. The van der Waals surface area contributed by atoms with Crippen LogP contribution in [0.25, 0.3) is 16.6 Å². The molecule has 1 amide bonds. The summed E-state index contributed by atoms with van der Waals surface area (Å²) in [6.07, 6.45) is 6.35. The number of hydrogen-bond acceptors (Lipinski definition) is 6. The van der Waals surface area contributed by atoms with Crippen molar-refractivity contribution in [3.8, 4) is 5.75 Å². The van der Waals surface area contributed by atoms with E-state index >= 15 is 0 Å². The fraction of sp³-hybridized carbons (Fsp3) is 0.375. The maximum atomic E-state index is 14.6. The number of carbonyl (C=O) groups excluding carboxylic acids is 1. The van der Waals surface area contributed by atoms with E-state index in [1.54, 1.807) is 30.8 Å². The van der Waals surface area contributed by atoms with Gasteiger partial charge in [-0.1, -0.05) is 0 Å². The summed E-state index contributed by atoms with van der Waals surface area (Å²) in [5, 5.41) is 11.7. The molecule has 5 rings (SSSR count). The van der Waals surface area contributed by atoms with Gasteiger partial charge in [0.2, 0.25) is 0 Å². The summed E-state index contributed by atoms with van der Waals surface area (Å²) in [6.45, 7) is 6.22. The smallest absolute Gasteiger partial charge is 0.261 e. The molecule has 2 N–H and O–H groups in total. The van der Waals surface area contributed by atoms with Gasteiger partial charge in [0.25, 0.3) is 5.91 Å². The summed E-state index contributed by atoms with van der Waals surface area (Å²) < 4.78 is 23.6. The number of imidazole rings is 1. The van der Waals surface area contributed by atoms with E-state index in [9.17, 15) is 9.18 Å². The van der Waals surface area contributed by atoms with Crippen LogP contribution < -0.4 is 20.3 Å². The summed E-state index contributed by atoms with van der Waals surface area (Å²) in [5.41, 5.74) is 3.09. The molecule has 3 aromatic heterocycles. The third-order valence-electron chi connectivity index (χ3n) is 6.38. The maximum absolute atomic E-state index is 14.6. The van der Waals surface area contributed by atoms with Crippen molar-refractivity contribution in [1.29, 1.82) is 0 Å². The van der Waals surface area contributed by atoms with Crippen molar-refractivity contribution in [2.24, 2.45) is 0 Å². The number of carbonyl (C=O) groups is 1. The zero-order chi connectivity index (χ0) is 24.0. The van der Waals surface area contributed by atoms with Gasteiger partial charge in [0.05, 0.1) is 24.2 Å². The quantitative estimate of drug-likeness (QED) is 0.455. The Morgan fingerprint density at radius 3 is 2.82 bits per heavy atom. The number of nitrogens with one attached hydrogen (secondary N) is 2. The monoisotopic (exact) mass is 465 g/mol. The molecule has 0 bridgehead atoms. The molecular formula is C24H28FN7O2. The minimum Gasteiger partial charge on any atom is -0.496 e. The highest BCUT2D eigenvalue weighted by Gasteiger charge is 2.28. The summed E-state index contributed by atoms with van der Waals surface area (Å²) >= 11 is 0. The highest BCUT2D eigenvalue weighted by Crippen LogP contribution is 2.37. The lowest BCUT2D eigenvalue weighted by Crippen LogP contribution is -2.29. The molecule has 1 aliphatic rings. The second-order valence-electron chi connectivity index (χ2n) is 8.58. The Morgan fingerprint density at radius 2 is 2.12 bits per heavy atom. The Labute approximate surface area is 196 Å². The number of rotatable bonds is 6. The topological polar surface area (TPSA) is 88.7 Å². The van der Waals surface area contributed by atoms with Gasteiger partial charge >= 0.3 is 0 Å². The van der Waals surface area contributed by atoms with Gasteiger partial charge in [0.15, 0.2) is 11.5 Å². The molecule has 1 atom stereocenters. The number of ether oxygens (including phenoxy) is 1. The minimum absolute atomic E-state index is 0.215. The number of nitrogens with zero attached hydrogens (tertiary/aromatic N) is 5. The van der Waals surface area contributed by atoms with E-state index in [4.69, 9.17) is 4.74 Å². The first-order valence-electron chi connectivity index (χ1n) is 11.4. The predicted octanol–water partition coefficient (Wildman–Crippen LogP) is 3.21. The Morgan fingerprint density at radius 1 is 1.29 bits per heavy atom. The van der Waals surface area contributed by atoms with Crippen molar-refractivity contribution in [3.63, 3.8) is 0 Å². The molecule has 9 nitrogen and oxygen atoms in total. The van der Waals surface area contributed by atoms with Crippen LogP contribution in [0.5, 0.6) is 5.75 Å². The highest BCUT2D eigenvalue weighted by atomic mass is 19.1. The van der Waals surface area contributed by atoms with E-state index in [0.29, 0.717) is 40.8 Å². The van der Waals surface area contributed by atoms with Gasteiger partial charge in [-0.2, -0.15) is 5.10 Å². The van der Waals surface area contributed by atoms with Crippen molar-refractivity contribution in [1.82, 2.24) is 24.5 Å². The molecule has 0 saturated carbocycles. The number of benzene rings is 1. The van der Waals surface area contributed by atoms with Crippen LogP contribution in [-0.4, -0.2) is 58.4 Å². The molecule has 1 aromatic carbocycles. The normalized spacial score (nSPS) is 16.0. The molecule has 34 heavy (non-hydrogen) atoms. The number of aromatic nitrogens is 4. The van der Waals surface area contributed by atoms with Crippen molar-refractivity contribution >= 4 is 33.8 Å². The SMILES string of the molecule is CCn1cc2c(N3CCC(NC)C3)cc(OC)c(C(=O)Nc3cc(F)c4nc(C)cn4c3)c2n1. The molecule has 4 aromatic rings. The third kappa shape index (κ3) is 3.73. The molecule has 1 unspecified atom stereocenters. The average molecular weight is 466 g/mol. The van der Waals surface area contributed by atoms with Crippen molar-refractivity contribution in [2.75, 3.05) is 37.5 Å². The molecule has 1 saturated heterocycles. The van der Waals surface area contributed by atoms with Crippen LogP contribution in [0.15, 0.2) is 30.7 Å². The number of fused-ring (bicyclic) bond motifs is 2. The fourth-order valence-electron chi connectivity index (χ4n) is 4.64. The average Bonchev–Trinajstić information content (AvgIpc) is 3.55. The standard InChI is InChI=1S/C24H28FN7O2/c1-5-32-13-17-19(30-7-6-15(11-30)26-3)9-20(34-4)21(22(17)29-32)24(33)28-16-8-18(25)23-27-14(2)10-31(23)12-16/h8-10,12-13,15,26H,5-7,11H2,1-4H3,(H,28,33). The first kappa shape index (κ1) is 22.1. The van der Waals surface area contributed by atoms with Crippen LogP contribution in [0, 0.1) is 12.7 Å². The Bertz CT molecular complexity index is 1390. The third-order valence-corrected chi connectivity index (χ3v) is 6.38. The zero-order valence-electron chi connectivity index (χ0n) is 19.7. The van der Waals surface area contributed by atoms with Gasteiger partial charge < -0.3 is 24.7 Å². The van der Waals surface area contributed by atoms with E-state index in [0.717, 1.165) is 30.6 Å². The van der Waals surface area contributed by atoms with Crippen molar-refractivity contribution in [3.05, 3.63) is 47.8 Å². The summed E-state index contributed by atoms with van der Waals surface area (Å²) in [7, 11) is 3.51. The van der Waals surface area contributed by atoms with Gasteiger partial charge in [-0.25, -0.2) is 9.37 Å². The maximum Gasteiger partial charge on any atom is 0.261 e. The summed E-state index contributed by atoms with van der Waals surface area (Å²) in [5.74, 6) is -0.504. The zero-order valence-corrected chi connectivity index (χ0v) is 19.7. The number of halogens is 1. The molecule has 0 aliphatic carbocycles. The van der Waals surface area contributed by atoms with Gasteiger partial charge in [0, 0.05) is 61.8 Å². The van der Waals surface area contributed by atoms with E-state index < -0.39 is 11.7 Å². The van der Waals surface area contributed by atoms with E-state index in [2.05, 4.69) is 25.6 Å². The molecule has 178 valence electrons. The van der Waals surface area contributed by atoms with Crippen LogP contribution in [0.1, 0.15) is 29.4 Å². The number of anilines is 2. The second-order valence-corrected chi connectivity index (χ2v) is 8.58. The van der Waals surface area contributed by atoms with E-state index in [1.165, 1.54) is 6.07 Å². The number of likely N-dealkylation sites (N-methyl/N-ethyl adjacent to an activating group) is 1. The lowest BCUT2D eigenvalue weighted by molar-refractivity contribution is 0.102. The molecule has 4 heterocycles. The van der Waals surface area contributed by atoms with Gasteiger partial charge in [-0.05, 0) is 27.3 Å². The molecule has 0 radical (unpaired) electrons. The van der Waals surface area contributed by atoms with Crippen molar-refractivity contribution < 1.29 is 13.9 Å². The summed E-state index contributed by atoms with van der Waals surface area (Å²) in [6, 6.07) is 3.58. The van der Waals surface area contributed by atoms with Crippen LogP contribution in [-0.2, 0) is 6.54 Å². The molecule has 0 spiro atoms. The molecule has 1 aliphatic heterocycles. The Kier molecular flexibility index (Phi) is 5.60. The molecular weight excluding hydrogens is 437 g/mol. The molecule has 10 heteroatoms. The van der Waals surface area contributed by atoms with Crippen LogP contribution >= 0.6 is 0 Å². The van der Waals surface area contributed by atoms with E-state index in [1.807, 2.05) is 30.9 Å². The van der Waals surface area contributed by atoms with Crippen molar-refractivity contribution in [2.45, 2.75) is 32.9 Å². The predicted molar refractivity (Wildman–Crippen MR) is 129 cm³/mol. The Hall–Kier alpha value is -3.66. The number of hydrogen-bond donors (Lipinski definition) is 2. The number of amides is 1. The van der Waals surface area contributed by atoms with Crippen LogP contribution in [0.4, 0.5) is 15.8 Å². The lowest BCUT2D eigenvalue weighted by atomic mass is 10.1. The van der Waals surface area contributed by atoms with Gasteiger partial charge in [0.1, 0.15) is 16.8 Å². The summed E-state index contributed by atoms with van der Waals surface area (Å²) in [4.78, 5) is 19.9. The lowest BCUT2D eigenvalue weighted by Gasteiger charge is -2.21. The fourth-order valence-corrected chi connectivity index (χ4v) is 4.64. The van der Waals surface area contributed by atoms with E-state index in [-0.39, 0.29) is 5.65 Å². The Balaban J connectivity index is 1.58. The largest absolute Gasteiger partial charge is 0.496 e. The van der Waals surface area contributed by atoms with Gasteiger partial charge in [-0.15, -0.1) is 0 Å². The van der Waals surface area contributed by atoms with Gasteiger partial charge in [-0.3, -0.25) is 9.48 Å². The van der Waals surface area contributed by atoms with Crippen LogP contribution in [0.2, 0.25) is 0 Å². The van der Waals surface area contributed by atoms with Crippen LogP contribution in [0.3, 0.4) is 0 Å².